The molecule has 0 atom stereocenters. The van der Waals surface area contributed by atoms with Crippen LogP contribution in [-0.2, 0) is 4.46 Å². The van der Waals surface area contributed by atoms with Gasteiger partial charge >= 0.3 is 59.1 Å². The molecule has 60 valence electrons. The maximum atomic E-state index is 8.52. The van der Waals surface area contributed by atoms with E-state index in [9.17, 15) is 0 Å². The van der Waals surface area contributed by atoms with Gasteiger partial charge in [0, 0.05) is 9.17 Å². The molecule has 0 radical (unpaired) electrons. The molecule has 0 aromatic heterocycles. The van der Waals surface area contributed by atoms with Crippen LogP contribution in [0, 0.1) is 0 Å². The van der Waals surface area contributed by atoms with Gasteiger partial charge in [-0.15, -0.1) is 0 Å². The van der Waals surface area contributed by atoms with Crippen molar-refractivity contribution in [3.8, 4) is 0 Å². The number of nitrogens with two attached hydrogens (primary N) is 1. The van der Waals surface area contributed by atoms with Crippen molar-refractivity contribution in [3.63, 3.8) is 0 Å². The Labute approximate surface area is 112 Å². The van der Waals surface area contributed by atoms with E-state index in [0.29, 0.717) is 0 Å². The molecule has 0 aliphatic rings. The van der Waals surface area contributed by atoms with E-state index < -0.39 is 9.17 Å². The molecule has 0 saturated carbocycles. The van der Waals surface area contributed by atoms with E-state index >= 15 is 0 Å². The average Bonchev–Trinajstić information content (AvgIpc) is 1.33. The van der Waals surface area contributed by atoms with Crippen molar-refractivity contribution in [2.24, 2.45) is 5.73 Å². The Balaban J connectivity index is -0.00000000848. The van der Waals surface area contributed by atoms with Crippen LogP contribution in [0.25, 0.3) is 0 Å². The van der Waals surface area contributed by atoms with E-state index in [1.165, 1.54) is 0 Å². The van der Waals surface area contributed by atoms with Gasteiger partial charge < -0.3 is 31.4 Å². The third-order valence-electron chi connectivity index (χ3n) is 0. The largest absolute Gasteiger partial charge is 1.00 e. The molecule has 0 fully saturated rings. The van der Waals surface area contributed by atoms with Gasteiger partial charge in [-0.3, -0.25) is 0 Å². The third kappa shape index (κ3) is 463. The molecule has 11 heavy (non-hydrogen) atoms. The Hall–Kier alpha value is 1.50. The summed E-state index contributed by atoms with van der Waals surface area (Å²) in [6.07, 6.45) is 0. The summed E-state index contributed by atoms with van der Waals surface area (Å²) in [6, 6.07) is 0. The summed E-state index contributed by atoms with van der Waals surface area (Å²) >= 11 is 0. The molecule has 0 amide bonds. The van der Waals surface area contributed by atoms with Gasteiger partial charge in [0.05, 0.1) is 0 Å². The second kappa shape index (κ2) is 41.9. The van der Waals surface area contributed by atoms with Crippen LogP contribution >= 0.6 is 0 Å². The first-order valence-electron chi connectivity index (χ1n) is 1.73. The summed E-state index contributed by atoms with van der Waals surface area (Å²) in [7, 11) is -3.63. The zero-order chi connectivity index (χ0) is 6.28. The molecular weight excluding hydrogens is 190 g/mol. The summed E-state index contributed by atoms with van der Waals surface area (Å²) in [5, 5.41) is 0. The second-order valence-corrected chi connectivity index (χ2v) is 1.16. The molecule has 0 bridgehead atoms. The van der Waals surface area contributed by atoms with E-state index in [1.807, 2.05) is 6.92 Å². The number of hydrogen-bond acceptors (Lipinski definition) is 5. The van der Waals surface area contributed by atoms with Gasteiger partial charge in [-0.05, 0) is 6.54 Å². The van der Waals surface area contributed by atoms with Crippen LogP contribution in [0.5, 0.6) is 0 Å². The molecule has 0 aliphatic carbocycles. The molecule has 0 aromatic rings. The predicted octanol–water partition coefficient (Wildman–Crippen LogP) is -9.57. The summed E-state index contributed by atoms with van der Waals surface area (Å²) in [5.41, 5.74) is 4.85. The van der Waals surface area contributed by atoms with Crippen LogP contribution in [0.2, 0.25) is 0 Å². The minimum absolute atomic E-state index is 0. The maximum absolute atomic E-state index is 8.52. The molecule has 0 heterocycles. The van der Waals surface area contributed by atoms with Crippen LogP contribution in [0.3, 0.4) is 0 Å². The van der Waals surface area contributed by atoms with Crippen molar-refractivity contribution in [2.45, 2.75) is 6.92 Å². The molecule has 0 unspecified atom stereocenters. The smallest absolute Gasteiger partial charge is 0.672 e. The van der Waals surface area contributed by atoms with Gasteiger partial charge in [0.25, 0.3) is 0 Å². The molecule has 6 nitrogen and oxygen atoms in total. The quantitative estimate of drug-likeness (QED) is 0.373. The standard InChI is InChI=1S/C2H7N.H3N.2Na.O3Si.H2O/c1-2-3;;;;1-4(2)3;/h2-3H2,1H3;1H3;;;;1H2/q;;2*+1;-2;. The first kappa shape index (κ1) is 39.1. The summed E-state index contributed by atoms with van der Waals surface area (Å²) in [4.78, 5) is 17.0. The minimum Gasteiger partial charge on any atom is -0.672 e. The van der Waals surface area contributed by atoms with E-state index in [4.69, 9.17) is 19.8 Å². The summed E-state index contributed by atoms with van der Waals surface area (Å²) in [6.45, 7) is 2.65. The monoisotopic (exact) mass is 202 g/mol. The van der Waals surface area contributed by atoms with Crippen molar-refractivity contribution >= 4 is 9.17 Å². The first-order chi connectivity index (χ1) is 3.15. The first-order valence-corrected chi connectivity index (χ1v) is 2.95. The van der Waals surface area contributed by atoms with E-state index in [1.54, 1.807) is 0 Å². The molecular formula is C2H12N2Na2O4Si. The molecule has 0 saturated heterocycles. The molecule has 0 rings (SSSR count). The number of hydrogen-bond donors (Lipinski definition) is 2. The zero-order valence-corrected chi connectivity index (χ0v) is 12.2. The minimum atomic E-state index is -3.63. The Morgan fingerprint density at radius 1 is 1.36 bits per heavy atom. The maximum Gasteiger partial charge on any atom is 1.00 e. The van der Waals surface area contributed by atoms with E-state index in [-0.39, 0.29) is 70.7 Å². The molecule has 0 aliphatic heterocycles. The van der Waals surface area contributed by atoms with Gasteiger partial charge in [-0.25, -0.2) is 0 Å². The second-order valence-electron chi connectivity index (χ2n) is 0.658. The Bertz CT molecular complexity index is 55.4. The van der Waals surface area contributed by atoms with Gasteiger partial charge in [0.1, 0.15) is 0 Å². The molecule has 0 aromatic carbocycles. The van der Waals surface area contributed by atoms with Gasteiger partial charge in [-0.2, -0.15) is 0 Å². The fourth-order valence-electron chi connectivity index (χ4n) is 0. The number of rotatable bonds is 0. The topological polar surface area (TPSA) is 156 Å². The summed E-state index contributed by atoms with van der Waals surface area (Å²) in [5.74, 6) is 0. The average molecular weight is 202 g/mol. The van der Waals surface area contributed by atoms with E-state index in [2.05, 4.69) is 0 Å². The molecule has 7 N–H and O–H groups in total. The van der Waals surface area contributed by atoms with Gasteiger partial charge in [0.2, 0.25) is 0 Å². The predicted molar refractivity (Wildman–Crippen MR) is 29.8 cm³/mol. The normalized spacial score (nSPS) is 3.82. The van der Waals surface area contributed by atoms with Crippen molar-refractivity contribution in [1.29, 1.82) is 0 Å². The van der Waals surface area contributed by atoms with Crippen LogP contribution in [-0.4, -0.2) is 21.2 Å². The Morgan fingerprint density at radius 2 is 1.36 bits per heavy atom. The van der Waals surface area contributed by atoms with Crippen molar-refractivity contribution in [3.05, 3.63) is 0 Å². The SMILES string of the molecule is CCN.N.O.O=[Si]([O-])[O-].[Na+].[Na+]. The van der Waals surface area contributed by atoms with Crippen molar-refractivity contribution in [1.82, 2.24) is 6.15 Å². The van der Waals surface area contributed by atoms with Crippen LogP contribution in [0.4, 0.5) is 0 Å². The Morgan fingerprint density at radius 3 is 1.36 bits per heavy atom. The zero-order valence-electron chi connectivity index (χ0n) is 7.22. The van der Waals surface area contributed by atoms with Crippen molar-refractivity contribution < 1.29 is 78.6 Å². The molecule has 9 heteroatoms. The van der Waals surface area contributed by atoms with Crippen LogP contribution < -0.4 is 80.6 Å². The van der Waals surface area contributed by atoms with Gasteiger partial charge in [-0.1, -0.05) is 6.92 Å². The third-order valence-corrected chi connectivity index (χ3v) is 0. The molecule has 0 spiro atoms. The van der Waals surface area contributed by atoms with Crippen LogP contribution in [0.1, 0.15) is 6.92 Å². The van der Waals surface area contributed by atoms with Crippen LogP contribution in [0.15, 0.2) is 0 Å². The van der Waals surface area contributed by atoms with Crippen molar-refractivity contribution in [2.75, 3.05) is 6.54 Å². The fourth-order valence-corrected chi connectivity index (χ4v) is 0. The fraction of sp³-hybridized carbons (Fsp3) is 1.00. The Kier molecular flexibility index (Phi) is 149. The van der Waals surface area contributed by atoms with Gasteiger partial charge in [0.15, 0.2) is 0 Å². The summed E-state index contributed by atoms with van der Waals surface area (Å²) < 4.78 is 8.52. The van der Waals surface area contributed by atoms with E-state index in [0.717, 1.165) is 6.54 Å².